The molecule has 0 spiro atoms. The van der Waals surface area contributed by atoms with E-state index >= 15 is 0 Å². The SMILES string of the molecule is O=C1CSC(=NN=Cc2ccccc2-c2ccc(OCc3ccccc3)cc2)N1. The zero-order valence-electron chi connectivity index (χ0n) is 15.6. The van der Waals surface area contributed by atoms with Crippen LogP contribution in [0.15, 0.2) is 89.1 Å². The minimum absolute atomic E-state index is 0.0427. The third-order valence-corrected chi connectivity index (χ3v) is 5.17. The molecule has 3 aromatic rings. The highest BCUT2D eigenvalue weighted by Gasteiger charge is 2.16. The van der Waals surface area contributed by atoms with E-state index in [0.29, 0.717) is 17.5 Å². The number of hydrogen-bond acceptors (Lipinski definition) is 5. The molecule has 29 heavy (non-hydrogen) atoms. The molecule has 1 amide bonds. The second kappa shape index (κ2) is 9.21. The van der Waals surface area contributed by atoms with Crippen molar-refractivity contribution in [3.8, 4) is 16.9 Å². The standard InChI is InChI=1S/C23H19N3O2S/c27-22-16-29-23(25-22)26-24-14-19-8-4-5-9-21(19)18-10-12-20(13-11-18)28-15-17-6-2-1-3-7-17/h1-14H,15-16H2,(H,25,26,27). The van der Waals surface area contributed by atoms with E-state index in [-0.39, 0.29) is 5.91 Å². The van der Waals surface area contributed by atoms with E-state index in [9.17, 15) is 4.79 Å². The van der Waals surface area contributed by atoms with E-state index in [1.54, 1.807) is 6.21 Å². The highest BCUT2D eigenvalue weighted by atomic mass is 32.2. The Balaban J connectivity index is 1.46. The Labute approximate surface area is 173 Å². The number of nitrogens with one attached hydrogen (secondary N) is 1. The molecule has 4 rings (SSSR count). The summed E-state index contributed by atoms with van der Waals surface area (Å²) in [5.74, 6) is 1.17. The van der Waals surface area contributed by atoms with Crippen LogP contribution >= 0.6 is 11.8 Å². The average molecular weight is 401 g/mol. The first-order chi connectivity index (χ1) is 14.3. The first kappa shape index (κ1) is 19.0. The van der Waals surface area contributed by atoms with Gasteiger partial charge in [0, 0.05) is 5.56 Å². The molecule has 3 aromatic carbocycles. The maximum absolute atomic E-state index is 11.2. The number of ether oxygens (including phenoxy) is 1. The molecule has 0 unspecified atom stereocenters. The quantitative estimate of drug-likeness (QED) is 0.489. The summed E-state index contributed by atoms with van der Waals surface area (Å²) < 4.78 is 5.86. The van der Waals surface area contributed by atoms with Gasteiger partial charge in [-0.1, -0.05) is 78.5 Å². The number of rotatable bonds is 6. The van der Waals surface area contributed by atoms with Crippen molar-refractivity contribution < 1.29 is 9.53 Å². The number of amides is 1. The van der Waals surface area contributed by atoms with E-state index in [0.717, 1.165) is 28.0 Å². The monoisotopic (exact) mass is 401 g/mol. The maximum Gasteiger partial charge on any atom is 0.236 e. The van der Waals surface area contributed by atoms with Gasteiger partial charge in [0.2, 0.25) is 5.91 Å². The summed E-state index contributed by atoms with van der Waals surface area (Å²) in [4.78, 5) is 11.2. The Bertz CT molecular complexity index is 1050. The summed E-state index contributed by atoms with van der Waals surface area (Å²) >= 11 is 1.35. The predicted octanol–water partition coefficient (Wildman–Crippen LogP) is 4.49. The van der Waals surface area contributed by atoms with Crippen molar-refractivity contribution in [2.75, 3.05) is 5.75 Å². The summed E-state index contributed by atoms with van der Waals surface area (Å²) in [6.07, 6.45) is 1.70. The summed E-state index contributed by atoms with van der Waals surface area (Å²) in [7, 11) is 0. The molecule has 1 N–H and O–H groups in total. The van der Waals surface area contributed by atoms with Gasteiger partial charge in [-0.25, -0.2) is 0 Å². The fraction of sp³-hybridized carbons (Fsp3) is 0.0870. The molecule has 144 valence electrons. The molecule has 1 aliphatic heterocycles. The molecular formula is C23H19N3O2S. The molecule has 0 radical (unpaired) electrons. The molecule has 1 fully saturated rings. The van der Waals surface area contributed by atoms with E-state index in [4.69, 9.17) is 4.74 Å². The van der Waals surface area contributed by atoms with Gasteiger partial charge in [-0.2, -0.15) is 5.10 Å². The van der Waals surface area contributed by atoms with E-state index in [2.05, 4.69) is 15.5 Å². The van der Waals surface area contributed by atoms with Gasteiger partial charge in [0.25, 0.3) is 0 Å². The van der Waals surface area contributed by atoms with Crippen LogP contribution in [0.2, 0.25) is 0 Å². The van der Waals surface area contributed by atoms with Gasteiger partial charge in [-0.15, -0.1) is 5.10 Å². The van der Waals surface area contributed by atoms with E-state index < -0.39 is 0 Å². The van der Waals surface area contributed by atoms with Crippen LogP contribution in [0.5, 0.6) is 5.75 Å². The molecule has 6 heteroatoms. The van der Waals surface area contributed by atoms with Crippen molar-refractivity contribution in [3.05, 3.63) is 90.0 Å². The lowest BCUT2D eigenvalue weighted by atomic mass is 10.0. The lowest BCUT2D eigenvalue weighted by Crippen LogP contribution is -2.19. The summed E-state index contributed by atoms with van der Waals surface area (Å²) in [5, 5.41) is 11.4. The number of amidine groups is 1. The first-order valence-electron chi connectivity index (χ1n) is 9.18. The highest BCUT2D eigenvalue weighted by molar-refractivity contribution is 8.15. The Morgan fingerprint density at radius 3 is 2.48 bits per heavy atom. The number of carbonyl (C=O) groups excluding carboxylic acids is 1. The molecular weight excluding hydrogens is 382 g/mol. The molecule has 5 nitrogen and oxygen atoms in total. The van der Waals surface area contributed by atoms with Crippen LogP contribution in [0.1, 0.15) is 11.1 Å². The molecule has 1 saturated heterocycles. The number of nitrogens with zero attached hydrogens (tertiary/aromatic N) is 2. The van der Waals surface area contributed by atoms with Gasteiger partial charge in [0.05, 0.1) is 12.0 Å². The normalized spacial score (nSPS) is 15.0. The van der Waals surface area contributed by atoms with Crippen LogP contribution in [0.25, 0.3) is 11.1 Å². The number of carbonyl (C=O) groups is 1. The van der Waals surface area contributed by atoms with Crippen molar-refractivity contribution in [1.82, 2.24) is 5.32 Å². The maximum atomic E-state index is 11.2. The van der Waals surface area contributed by atoms with Gasteiger partial charge in [0.1, 0.15) is 12.4 Å². The van der Waals surface area contributed by atoms with Crippen LogP contribution in [0.3, 0.4) is 0 Å². The molecule has 1 aliphatic rings. The van der Waals surface area contributed by atoms with Crippen LogP contribution in [0.4, 0.5) is 0 Å². The smallest absolute Gasteiger partial charge is 0.236 e. The van der Waals surface area contributed by atoms with Crippen LogP contribution in [-0.2, 0) is 11.4 Å². The second-order valence-corrected chi connectivity index (χ2v) is 7.34. The van der Waals surface area contributed by atoms with E-state index in [1.165, 1.54) is 11.8 Å². The van der Waals surface area contributed by atoms with Crippen molar-refractivity contribution in [2.24, 2.45) is 10.2 Å². The lowest BCUT2D eigenvalue weighted by molar-refractivity contribution is -0.116. The fourth-order valence-electron chi connectivity index (χ4n) is 2.87. The Morgan fingerprint density at radius 2 is 1.72 bits per heavy atom. The van der Waals surface area contributed by atoms with Gasteiger partial charge >= 0.3 is 0 Å². The molecule has 0 atom stereocenters. The first-order valence-corrected chi connectivity index (χ1v) is 10.2. The summed E-state index contributed by atoms with van der Waals surface area (Å²) in [6.45, 7) is 0.540. The number of benzene rings is 3. The Morgan fingerprint density at radius 1 is 0.966 bits per heavy atom. The topological polar surface area (TPSA) is 63.0 Å². The molecule has 1 heterocycles. The van der Waals surface area contributed by atoms with Crippen molar-refractivity contribution in [2.45, 2.75) is 6.61 Å². The zero-order chi connectivity index (χ0) is 19.9. The van der Waals surface area contributed by atoms with Gasteiger partial charge in [0.15, 0.2) is 5.17 Å². The molecule has 0 saturated carbocycles. The van der Waals surface area contributed by atoms with Crippen molar-refractivity contribution >= 4 is 29.1 Å². The van der Waals surface area contributed by atoms with Crippen molar-refractivity contribution in [3.63, 3.8) is 0 Å². The second-order valence-electron chi connectivity index (χ2n) is 6.37. The Hall–Kier alpha value is -3.38. The van der Waals surface area contributed by atoms with Crippen LogP contribution < -0.4 is 10.1 Å². The third kappa shape index (κ3) is 5.12. The Kier molecular flexibility index (Phi) is 6.02. The molecule has 0 bridgehead atoms. The van der Waals surface area contributed by atoms with Gasteiger partial charge in [-0.3, -0.25) is 4.79 Å². The van der Waals surface area contributed by atoms with Gasteiger partial charge < -0.3 is 10.1 Å². The number of thioether (sulfide) groups is 1. The zero-order valence-corrected chi connectivity index (χ0v) is 16.4. The predicted molar refractivity (Wildman–Crippen MR) is 118 cm³/mol. The fourth-order valence-corrected chi connectivity index (χ4v) is 3.50. The highest BCUT2D eigenvalue weighted by Crippen LogP contribution is 2.25. The summed E-state index contributed by atoms with van der Waals surface area (Å²) in [6, 6.07) is 26.1. The van der Waals surface area contributed by atoms with Gasteiger partial charge in [-0.05, 0) is 28.8 Å². The number of hydrogen-bond donors (Lipinski definition) is 1. The molecule has 0 aliphatic carbocycles. The summed E-state index contributed by atoms with van der Waals surface area (Å²) in [5.41, 5.74) is 4.20. The minimum Gasteiger partial charge on any atom is -0.489 e. The van der Waals surface area contributed by atoms with E-state index in [1.807, 2.05) is 78.9 Å². The van der Waals surface area contributed by atoms with Crippen molar-refractivity contribution in [1.29, 1.82) is 0 Å². The average Bonchev–Trinajstić information content (AvgIpc) is 3.19. The third-order valence-electron chi connectivity index (χ3n) is 4.31. The van der Waals surface area contributed by atoms with Crippen LogP contribution in [-0.4, -0.2) is 23.0 Å². The largest absolute Gasteiger partial charge is 0.489 e. The minimum atomic E-state index is -0.0427. The lowest BCUT2D eigenvalue weighted by Gasteiger charge is -2.09. The molecule has 0 aromatic heterocycles. The van der Waals surface area contributed by atoms with Crippen LogP contribution in [0, 0.1) is 0 Å².